The van der Waals surface area contributed by atoms with Crippen LogP contribution < -0.4 is 5.32 Å². The van der Waals surface area contributed by atoms with Crippen molar-refractivity contribution in [1.82, 2.24) is 20.1 Å². The molecule has 0 unspecified atom stereocenters. The van der Waals surface area contributed by atoms with Crippen molar-refractivity contribution >= 4 is 23.0 Å². The number of amides is 1. The van der Waals surface area contributed by atoms with Crippen molar-refractivity contribution < 1.29 is 9.32 Å². The maximum Gasteiger partial charge on any atom is 0.257 e. The summed E-state index contributed by atoms with van der Waals surface area (Å²) in [7, 11) is 0. The molecule has 1 aromatic carbocycles. The fraction of sp³-hybridized carbons (Fsp3) is 0.105. The number of aryl methyl sites for hydroxylation is 1. The third-order valence-electron chi connectivity index (χ3n) is 4.16. The number of carbonyl (C=O) groups is 1. The fourth-order valence-corrected chi connectivity index (χ4v) is 3.09. The van der Waals surface area contributed by atoms with Gasteiger partial charge in [-0.25, -0.2) is 4.52 Å². The van der Waals surface area contributed by atoms with Gasteiger partial charge in [0.15, 0.2) is 0 Å². The minimum Gasteiger partial charge on any atom is -0.360 e. The van der Waals surface area contributed by atoms with Crippen LogP contribution in [0.4, 0.5) is 0 Å². The highest BCUT2D eigenvalue weighted by atomic mass is 35.5. The molecular weight excluding hydrogens is 352 g/mol. The lowest BCUT2D eigenvalue weighted by molar-refractivity contribution is 0.0950. The Hall–Kier alpha value is -3.12. The van der Waals surface area contributed by atoms with E-state index < -0.39 is 0 Å². The zero-order valence-corrected chi connectivity index (χ0v) is 14.7. The SMILES string of the molecule is Cc1onc(-c2ccccc2Cl)c1C(=O)NCc1cnn2ccccc12. The third-order valence-corrected chi connectivity index (χ3v) is 4.49. The molecule has 7 heteroatoms. The molecule has 0 aliphatic carbocycles. The molecule has 0 bridgehead atoms. The number of rotatable bonds is 4. The smallest absolute Gasteiger partial charge is 0.257 e. The van der Waals surface area contributed by atoms with Crippen LogP contribution in [0.2, 0.25) is 5.02 Å². The van der Waals surface area contributed by atoms with E-state index in [1.54, 1.807) is 23.7 Å². The second-order valence-corrected chi connectivity index (χ2v) is 6.23. The highest BCUT2D eigenvalue weighted by Gasteiger charge is 2.23. The Morgan fingerprint density at radius 2 is 2.04 bits per heavy atom. The van der Waals surface area contributed by atoms with Crippen LogP contribution in [-0.4, -0.2) is 20.7 Å². The predicted octanol–water partition coefficient (Wildman–Crippen LogP) is 3.88. The molecule has 0 saturated carbocycles. The van der Waals surface area contributed by atoms with Gasteiger partial charge in [-0.2, -0.15) is 5.10 Å². The minimum absolute atomic E-state index is 0.269. The van der Waals surface area contributed by atoms with Crippen LogP contribution in [0.1, 0.15) is 21.7 Å². The summed E-state index contributed by atoms with van der Waals surface area (Å²) in [5, 5.41) is 11.7. The number of pyridine rings is 1. The number of carbonyl (C=O) groups excluding carboxylic acids is 1. The molecule has 0 fully saturated rings. The maximum atomic E-state index is 12.8. The number of nitrogens with one attached hydrogen (secondary N) is 1. The average molecular weight is 367 g/mol. The lowest BCUT2D eigenvalue weighted by Gasteiger charge is -2.06. The van der Waals surface area contributed by atoms with Gasteiger partial charge in [-0.3, -0.25) is 4.79 Å². The van der Waals surface area contributed by atoms with E-state index in [0.29, 0.717) is 34.1 Å². The van der Waals surface area contributed by atoms with Crippen molar-refractivity contribution in [2.75, 3.05) is 0 Å². The Balaban J connectivity index is 1.61. The Kier molecular flexibility index (Phi) is 4.18. The second-order valence-electron chi connectivity index (χ2n) is 5.83. The molecule has 1 N–H and O–H groups in total. The van der Waals surface area contributed by atoms with Crippen molar-refractivity contribution in [1.29, 1.82) is 0 Å². The van der Waals surface area contributed by atoms with E-state index in [1.807, 2.05) is 42.6 Å². The fourth-order valence-electron chi connectivity index (χ4n) is 2.86. The number of hydrogen-bond donors (Lipinski definition) is 1. The molecule has 6 nitrogen and oxygen atoms in total. The zero-order valence-electron chi connectivity index (χ0n) is 13.9. The summed E-state index contributed by atoms with van der Waals surface area (Å²) in [5.41, 5.74) is 3.35. The molecule has 0 aliphatic heterocycles. The van der Waals surface area contributed by atoms with Gasteiger partial charge < -0.3 is 9.84 Å². The molecule has 0 atom stereocenters. The minimum atomic E-state index is -0.269. The van der Waals surface area contributed by atoms with Gasteiger partial charge in [0, 0.05) is 23.9 Å². The Labute approximate surface area is 154 Å². The first-order chi connectivity index (χ1) is 12.6. The molecule has 0 radical (unpaired) electrons. The summed E-state index contributed by atoms with van der Waals surface area (Å²) in [4.78, 5) is 12.8. The molecule has 26 heavy (non-hydrogen) atoms. The Morgan fingerprint density at radius 3 is 2.88 bits per heavy atom. The van der Waals surface area contributed by atoms with Gasteiger partial charge in [-0.15, -0.1) is 0 Å². The van der Waals surface area contributed by atoms with Crippen LogP contribution in [0.5, 0.6) is 0 Å². The molecule has 0 spiro atoms. The number of benzene rings is 1. The summed E-state index contributed by atoms with van der Waals surface area (Å²) in [5.74, 6) is 0.172. The van der Waals surface area contributed by atoms with Crippen molar-refractivity contribution in [3.63, 3.8) is 0 Å². The second kappa shape index (κ2) is 6.65. The van der Waals surface area contributed by atoms with Gasteiger partial charge in [0.25, 0.3) is 5.91 Å². The van der Waals surface area contributed by atoms with Crippen molar-refractivity contribution in [2.45, 2.75) is 13.5 Å². The zero-order chi connectivity index (χ0) is 18.1. The van der Waals surface area contributed by atoms with E-state index in [2.05, 4.69) is 15.6 Å². The normalized spacial score (nSPS) is 11.0. The highest BCUT2D eigenvalue weighted by Crippen LogP contribution is 2.30. The maximum absolute atomic E-state index is 12.8. The van der Waals surface area contributed by atoms with Crippen molar-refractivity contribution in [3.8, 4) is 11.3 Å². The van der Waals surface area contributed by atoms with E-state index in [-0.39, 0.29) is 5.91 Å². The monoisotopic (exact) mass is 366 g/mol. The summed E-state index contributed by atoms with van der Waals surface area (Å²) >= 11 is 6.24. The van der Waals surface area contributed by atoms with Crippen molar-refractivity contribution in [3.05, 3.63) is 76.8 Å². The van der Waals surface area contributed by atoms with Gasteiger partial charge in [0.05, 0.1) is 16.7 Å². The van der Waals surface area contributed by atoms with Gasteiger partial charge in [-0.05, 0) is 25.1 Å². The first-order valence-corrected chi connectivity index (χ1v) is 8.43. The molecule has 3 aromatic heterocycles. The number of fused-ring (bicyclic) bond motifs is 1. The molecular formula is C19H15ClN4O2. The van der Waals surface area contributed by atoms with E-state index in [4.69, 9.17) is 16.1 Å². The summed E-state index contributed by atoms with van der Waals surface area (Å²) in [6, 6.07) is 13.0. The van der Waals surface area contributed by atoms with Gasteiger partial charge >= 0.3 is 0 Å². The van der Waals surface area contributed by atoms with E-state index in [9.17, 15) is 4.79 Å². The molecule has 130 valence electrons. The quantitative estimate of drug-likeness (QED) is 0.595. The van der Waals surface area contributed by atoms with Gasteiger partial charge in [-0.1, -0.05) is 41.0 Å². The Bertz CT molecular complexity index is 1100. The highest BCUT2D eigenvalue weighted by molar-refractivity contribution is 6.33. The summed E-state index contributed by atoms with van der Waals surface area (Å²) in [6.45, 7) is 2.05. The topological polar surface area (TPSA) is 72.4 Å². The van der Waals surface area contributed by atoms with Gasteiger partial charge in [0.2, 0.25) is 0 Å². The molecule has 4 rings (SSSR count). The average Bonchev–Trinajstić information content (AvgIpc) is 3.24. The number of aromatic nitrogens is 3. The van der Waals surface area contributed by atoms with Crippen LogP contribution in [-0.2, 0) is 6.54 Å². The summed E-state index contributed by atoms with van der Waals surface area (Å²) in [6.07, 6.45) is 3.60. The first kappa shape index (κ1) is 16.4. The van der Waals surface area contributed by atoms with Crippen molar-refractivity contribution in [2.24, 2.45) is 0 Å². The van der Waals surface area contributed by atoms with Crippen LogP contribution in [0.15, 0.2) is 59.4 Å². The molecule has 0 aliphatic rings. The largest absolute Gasteiger partial charge is 0.360 e. The van der Waals surface area contributed by atoms with Crippen LogP contribution in [0.3, 0.4) is 0 Å². The lowest BCUT2D eigenvalue weighted by atomic mass is 10.1. The van der Waals surface area contributed by atoms with Crippen LogP contribution >= 0.6 is 11.6 Å². The summed E-state index contributed by atoms with van der Waals surface area (Å²) < 4.78 is 7.01. The Morgan fingerprint density at radius 1 is 1.23 bits per heavy atom. The van der Waals surface area contributed by atoms with E-state index >= 15 is 0 Å². The van der Waals surface area contributed by atoms with Crippen LogP contribution in [0, 0.1) is 6.92 Å². The first-order valence-electron chi connectivity index (χ1n) is 8.06. The molecule has 1 amide bonds. The van der Waals surface area contributed by atoms with Crippen LogP contribution in [0.25, 0.3) is 16.8 Å². The lowest BCUT2D eigenvalue weighted by Crippen LogP contribution is -2.23. The number of hydrogen-bond acceptors (Lipinski definition) is 4. The standard InChI is InChI=1S/C19H15ClN4O2/c1-12-17(18(23-26-12)14-6-2-3-7-15(14)20)19(25)21-10-13-11-22-24-9-5-4-8-16(13)24/h2-9,11H,10H2,1H3,(H,21,25). The van der Waals surface area contributed by atoms with E-state index in [0.717, 1.165) is 11.1 Å². The molecule has 3 heterocycles. The third kappa shape index (κ3) is 2.84. The van der Waals surface area contributed by atoms with Gasteiger partial charge in [0.1, 0.15) is 17.0 Å². The predicted molar refractivity (Wildman–Crippen MR) is 98.0 cm³/mol. The van der Waals surface area contributed by atoms with E-state index in [1.165, 1.54) is 0 Å². The molecule has 0 saturated heterocycles. The number of nitrogens with zero attached hydrogens (tertiary/aromatic N) is 3. The molecule has 4 aromatic rings. The number of halogens is 1.